The zero-order valence-corrected chi connectivity index (χ0v) is 20.7. The van der Waals surface area contributed by atoms with Gasteiger partial charge >= 0.3 is 0 Å². The molecule has 0 aliphatic carbocycles. The molecule has 1 aromatic heterocycles. The molecule has 2 aromatic carbocycles. The number of fused-ring (bicyclic) bond motifs is 1. The summed E-state index contributed by atoms with van der Waals surface area (Å²) in [5.74, 6) is 1.72. The Morgan fingerprint density at radius 2 is 2.03 bits per heavy atom. The van der Waals surface area contributed by atoms with Crippen molar-refractivity contribution in [1.29, 1.82) is 0 Å². The highest BCUT2D eigenvalue weighted by Gasteiger charge is 2.20. The molecule has 0 bridgehead atoms. The van der Waals surface area contributed by atoms with E-state index in [9.17, 15) is 4.79 Å². The van der Waals surface area contributed by atoms with Crippen molar-refractivity contribution in [3.8, 4) is 5.75 Å². The van der Waals surface area contributed by atoms with Crippen LogP contribution >= 0.6 is 23.1 Å². The third-order valence-corrected chi connectivity index (χ3v) is 7.53. The second-order valence-electron chi connectivity index (χ2n) is 7.82. The van der Waals surface area contributed by atoms with Crippen LogP contribution in [0.3, 0.4) is 0 Å². The van der Waals surface area contributed by atoms with Gasteiger partial charge in [-0.05, 0) is 43.7 Å². The Labute approximate surface area is 203 Å². The van der Waals surface area contributed by atoms with E-state index < -0.39 is 0 Å². The molecule has 176 valence electrons. The van der Waals surface area contributed by atoms with Gasteiger partial charge in [0.1, 0.15) is 5.75 Å². The van der Waals surface area contributed by atoms with Crippen LogP contribution in [0.1, 0.15) is 19.8 Å². The van der Waals surface area contributed by atoms with Crippen molar-refractivity contribution in [3.63, 3.8) is 0 Å². The fourth-order valence-electron chi connectivity index (χ4n) is 3.78. The lowest BCUT2D eigenvalue weighted by molar-refractivity contribution is -0.118. The van der Waals surface area contributed by atoms with Gasteiger partial charge in [0.15, 0.2) is 5.13 Å². The number of ether oxygens (including phenoxy) is 2. The Morgan fingerprint density at radius 3 is 2.82 bits per heavy atom. The minimum absolute atomic E-state index is 0.129. The Hall–Kier alpha value is -2.13. The second kappa shape index (κ2) is 12.4. The first-order valence-electron chi connectivity index (χ1n) is 11.5. The van der Waals surface area contributed by atoms with Crippen LogP contribution in [-0.2, 0) is 9.53 Å². The van der Waals surface area contributed by atoms with Gasteiger partial charge in [0.25, 0.3) is 0 Å². The molecule has 1 aliphatic heterocycles. The van der Waals surface area contributed by atoms with E-state index in [4.69, 9.17) is 14.5 Å². The van der Waals surface area contributed by atoms with E-state index in [2.05, 4.69) is 17.0 Å². The van der Waals surface area contributed by atoms with Crippen molar-refractivity contribution in [3.05, 3.63) is 48.5 Å². The van der Waals surface area contributed by atoms with Crippen LogP contribution in [0.4, 0.5) is 5.13 Å². The predicted molar refractivity (Wildman–Crippen MR) is 137 cm³/mol. The molecule has 6 nitrogen and oxygen atoms in total. The van der Waals surface area contributed by atoms with E-state index in [1.165, 1.54) is 4.90 Å². The predicted octanol–water partition coefficient (Wildman–Crippen LogP) is 4.93. The van der Waals surface area contributed by atoms with E-state index in [1.807, 2.05) is 48.2 Å². The highest BCUT2D eigenvalue weighted by molar-refractivity contribution is 7.99. The number of aromatic nitrogens is 1. The molecular weight excluding hydrogens is 454 g/mol. The highest BCUT2D eigenvalue weighted by Crippen LogP contribution is 2.32. The summed E-state index contributed by atoms with van der Waals surface area (Å²) in [5, 5.41) is 0.773. The largest absolute Gasteiger partial charge is 0.494 e. The summed E-state index contributed by atoms with van der Waals surface area (Å²) in [6, 6.07) is 16.2. The number of morpholine rings is 1. The fraction of sp³-hybridized carbons (Fsp3) is 0.440. The number of amides is 1. The first-order chi connectivity index (χ1) is 16.2. The van der Waals surface area contributed by atoms with Crippen molar-refractivity contribution in [1.82, 2.24) is 9.88 Å². The Balaban J connectivity index is 1.43. The van der Waals surface area contributed by atoms with Gasteiger partial charge in [-0.15, -0.1) is 11.8 Å². The molecule has 0 unspecified atom stereocenters. The number of hydrogen-bond acceptors (Lipinski definition) is 7. The summed E-state index contributed by atoms with van der Waals surface area (Å²) in [7, 11) is 0. The van der Waals surface area contributed by atoms with Crippen molar-refractivity contribution >= 4 is 44.4 Å². The summed E-state index contributed by atoms with van der Waals surface area (Å²) in [6.07, 6.45) is 1.40. The molecule has 0 N–H and O–H groups in total. The maximum atomic E-state index is 13.3. The maximum absolute atomic E-state index is 13.3. The van der Waals surface area contributed by atoms with Gasteiger partial charge in [0.05, 0.1) is 30.0 Å². The molecule has 33 heavy (non-hydrogen) atoms. The molecule has 1 fully saturated rings. The van der Waals surface area contributed by atoms with E-state index >= 15 is 0 Å². The van der Waals surface area contributed by atoms with Gasteiger partial charge in [-0.1, -0.05) is 29.5 Å². The van der Waals surface area contributed by atoms with E-state index in [-0.39, 0.29) is 5.91 Å². The number of carbonyl (C=O) groups is 1. The molecule has 1 saturated heterocycles. The SMILES string of the molecule is CCOc1ccc2nc(N(CCCN3CCOCC3)C(=O)CCSc3ccccc3)sc2c1. The lowest BCUT2D eigenvalue weighted by Crippen LogP contribution is -2.39. The van der Waals surface area contributed by atoms with Crippen LogP contribution in [-0.4, -0.2) is 67.5 Å². The highest BCUT2D eigenvalue weighted by atomic mass is 32.2. The molecule has 0 atom stereocenters. The second-order valence-corrected chi connectivity index (χ2v) is 10.0. The zero-order valence-electron chi connectivity index (χ0n) is 19.1. The molecule has 3 aromatic rings. The molecule has 2 heterocycles. The van der Waals surface area contributed by atoms with Gasteiger partial charge in [0, 0.05) is 43.2 Å². The smallest absolute Gasteiger partial charge is 0.229 e. The van der Waals surface area contributed by atoms with Crippen LogP contribution in [0.5, 0.6) is 5.75 Å². The van der Waals surface area contributed by atoms with E-state index in [0.29, 0.717) is 19.6 Å². The quantitative estimate of drug-likeness (QED) is 0.359. The third-order valence-electron chi connectivity index (χ3n) is 5.48. The fourth-order valence-corrected chi connectivity index (χ4v) is 5.68. The first-order valence-corrected chi connectivity index (χ1v) is 13.3. The number of hydrogen-bond donors (Lipinski definition) is 0. The van der Waals surface area contributed by atoms with Gasteiger partial charge in [-0.3, -0.25) is 14.6 Å². The number of anilines is 1. The van der Waals surface area contributed by atoms with E-state index in [0.717, 1.165) is 66.1 Å². The molecule has 4 rings (SSSR count). The molecule has 0 saturated carbocycles. The van der Waals surface area contributed by atoms with Crippen molar-refractivity contribution in [2.45, 2.75) is 24.7 Å². The number of benzene rings is 2. The summed E-state index contributed by atoms with van der Waals surface area (Å²) >= 11 is 3.28. The van der Waals surface area contributed by atoms with Crippen molar-refractivity contribution in [2.75, 3.05) is 56.7 Å². The van der Waals surface area contributed by atoms with Crippen LogP contribution < -0.4 is 9.64 Å². The zero-order chi connectivity index (χ0) is 22.9. The average Bonchev–Trinajstić information content (AvgIpc) is 3.26. The topological polar surface area (TPSA) is 54.9 Å². The number of carbonyl (C=O) groups excluding carboxylic acids is 1. The maximum Gasteiger partial charge on any atom is 0.229 e. The van der Waals surface area contributed by atoms with Crippen LogP contribution in [0.15, 0.2) is 53.4 Å². The molecule has 1 amide bonds. The Morgan fingerprint density at radius 1 is 1.21 bits per heavy atom. The van der Waals surface area contributed by atoms with Gasteiger partial charge in [-0.25, -0.2) is 4.98 Å². The molecule has 1 aliphatic rings. The van der Waals surface area contributed by atoms with Gasteiger partial charge in [-0.2, -0.15) is 0 Å². The summed E-state index contributed by atoms with van der Waals surface area (Å²) < 4.78 is 12.1. The number of rotatable bonds is 11. The van der Waals surface area contributed by atoms with Crippen molar-refractivity contribution in [2.24, 2.45) is 0 Å². The first kappa shape index (κ1) is 24.0. The third kappa shape index (κ3) is 6.93. The molecule has 0 spiro atoms. The van der Waals surface area contributed by atoms with Gasteiger partial charge < -0.3 is 9.47 Å². The van der Waals surface area contributed by atoms with Crippen LogP contribution in [0.25, 0.3) is 10.2 Å². The van der Waals surface area contributed by atoms with E-state index in [1.54, 1.807) is 23.1 Å². The van der Waals surface area contributed by atoms with Gasteiger partial charge in [0.2, 0.25) is 5.91 Å². The number of thioether (sulfide) groups is 1. The Bertz CT molecular complexity index is 1020. The number of nitrogens with zero attached hydrogens (tertiary/aromatic N) is 3. The molecule has 0 radical (unpaired) electrons. The normalized spacial score (nSPS) is 14.5. The minimum atomic E-state index is 0.129. The van der Waals surface area contributed by atoms with Crippen LogP contribution in [0, 0.1) is 0 Å². The summed E-state index contributed by atoms with van der Waals surface area (Å²) in [5.41, 5.74) is 0.906. The van der Waals surface area contributed by atoms with Crippen molar-refractivity contribution < 1.29 is 14.3 Å². The monoisotopic (exact) mass is 485 g/mol. The number of thiazole rings is 1. The average molecular weight is 486 g/mol. The summed E-state index contributed by atoms with van der Waals surface area (Å²) in [6.45, 7) is 7.74. The lowest BCUT2D eigenvalue weighted by Gasteiger charge is -2.27. The molecular formula is C25H31N3O3S2. The minimum Gasteiger partial charge on any atom is -0.494 e. The lowest BCUT2D eigenvalue weighted by atomic mass is 10.3. The van der Waals surface area contributed by atoms with Crippen LogP contribution in [0.2, 0.25) is 0 Å². The molecule has 8 heteroatoms. The Kier molecular flexibility index (Phi) is 9.00. The standard InChI is InChI=1S/C25H31N3O3S2/c1-2-31-20-9-10-22-23(19-20)33-25(26-22)28(13-6-12-27-14-16-30-17-15-27)24(29)11-18-32-21-7-4-3-5-8-21/h3-5,7-10,19H,2,6,11-18H2,1H3. The summed E-state index contributed by atoms with van der Waals surface area (Å²) in [4.78, 5) is 23.6.